The third kappa shape index (κ3) is 4.73. The Morgan fingerprint density at radius 1 is 1.28 bits per heavy atom. The molecular weight excluding hydrogens is 254 g/mol. The summed E-state index contributed by atoms with van der Waals surface area (Å²) in [5.41, 5.74) is 0.974. The Morgan fingerprint density at radius 2 is 1.83 bits per heavy atom. The molecule has 0 radical (unpaired) electrons. The first-order valence-corrected chi connectivity index (χ1v) is 7.01. The molecule has 0 bridgehead atoms. The van der Waals surface area contributed by atoms with Crippen molar-refractivity contribution in [1.82, 2.24) is 4.90 Å². The number of hydrogen-bond acceptors (Lipinski definition) is 5. The number of likely N-dealkylation sites (N-methyl/N-ethyl adjacent to an activating group) is 1. The Balaban J connectivity index is 2.63. The fraction of sp³-hybridized carbons (Fsp3) is 0.500. The average Bonchev–Trinajstić information content (AvgIpc) is 2.26. The van der Waals surface area contributed by atoms with E-state index in [0.29, 0.717) is 6.54 Å². The summed E-state index contributed by atoms with van der Waals surface area (Å²) >= 11 is 0. The van der Waals surface area contributed by atoms with Crippen LogP contribution in [0.25, 0.3) is 0 Å². The Hall–Kier alpha value is -0.950. The van der Waals surface area contributed by atoms with Gasteiger partial charge in [-0.05, 0) is 33.2 Å². The van der Waals surface area contributed by atoms with Gasteiger partial charge in [-0.2, -0.15) is 8.42 Å². The van der Waals surface area contributed by atoms with Gasteiger partial charge in [-0.3, -0.25) is 4.18 Å². The summed E-state index contributed by atoms with van der Waals surface area (Å²) < 4.78 is 28.4. The minimum atomic E-state index is -3.79. The van der Waals surface area contributed by atoms with E-state index >= 15 is 0 Å². The summed E-state index contributed by atoms with van der Waals surface area (Å²) in [6.07, 6.45) is -0.833. The molecule has 0 spiro atoms. The van der Waals surface area contributed by atoms with Crippen LogP contribution < -0.4 is 0 Å². The molecule has 0 fully saturated rings. The number of hydrogen-bond donors (Lipinski definition) is 1. The van der Waals surface area contributed by atoms with Gasteiger partial charge in [0, 0.05) is 6.54 Å². The van der Waals surface area contributed by atoms with E-state index in [9.17, 15) is 13.5 Å². The molecule has 0 aliphatic rings. The average molecular weight is 273 g/mol. The second-order valence-electron chi connectivity index (χ2n) is 4.47. The van der Waals surface area contributed by atoms with E-state index in [0.717, 1.165) is 5.56 Å². The molecule has 0 aliphatic carbocycles. The molecule has 1 N–H and O–H groups in total. The van der Waals surface area contributed by atoms with E-state index in [1.807, 2.05) is 6.92 Å². The molecule has 6 heteroatoms. The molecule has 102 valence electrons. The van der Waals surface area contributed by atoms with Crippen molar-refractivity contribution in [1.29, 1.82) is 0 Å². The van der Waals surface area contributed by atoms with E-state index in [1.165, 1.54) is 12.1 Å². The lowest BCUT2D eigenvalue weighted by Crippen LogP contribution is -2.30. The molecule has 1 unspecified atom stereocenters. The lowest BCUT2D eigenvalue weighted by Gasteiger charge is -2.15. The van der Waals surface area contributed by atoms with Crippen LogP contribution in [0.2, 0.25) is 0 Å². The summed E-state index contributed by atoms with van der Waals surface area (Å²) in [4.78, 5) is 1.86. The molecule has 1 rings (SSSR count). The summed E-state index contributed by atoms with van der Waals surface area (Å²) in [5.74, 6) is 0. The van der Waals surface area contributed by atoms with Crippen molar-refractivity contribution in [3.05, 3.63) is 29.8 Å². The van der Waals surface area contributed by atoms with Crippen LogP contribution in [-0.4, -0.2) is 51.8 Å². The van der Waals surface area contributed by atoms with Gasteiger partial charge in [-0.25, -0.2) is 0 Å². The lowest BCUT2D eigenvalue weighted by molar-refractivity contribution is 0.0856. The zero-order valence-electron chi connectivity index (χ0n) is 10.8. The predicted molar refractivity (Wildman–Crippen MR) is 68.9 cm³/mol. The Kier molecular flexibility index (Phi) is 5.28. The second-order valence-corrected chi connectivity index (χ2v) is 6.08. The Bertz CT molecular complexity index is 467. The molecule has 1 aromatic rings. The summed E-state index contributed by atoms with van der Waals surface area (Å²) in [5, 5.41) is 9.54. The van der Waals surface area contributed by atoms with Crippen LogP contribution in [0.3, 0.4) is 0 Å². The molecule has 1 atom stereocenters. The van der Waals surface area contributed by atoms with E-state index in [4.69, 9.17) is 4.18 Å². The quantitative estimate of drug-likeness (QED) is 0.770. The van der Waals surface area contributed by atoms with Crippen molar-refractivity contribution in [2.24, 2.45) is 0 Å². The summed E-state index contributed by atoms with van der Waals surface area (Å²) in [7, 11) is -0.208. The summed E-state index contributed by atoms with van der Waals surface area (Å²) in [6.45, 7) is 1.98. The van der Waals surface area contributed by atoms with Gasteiger partial charge in [0.2, 0.25) is 0 Å². The highest BCUT2D eigenvalue weighted by Crippen LogP contribution is 2.13. The number of aliphatic hydroxyl groups is 1. The van der Waals surface area contributed by atoms with Gasteiger partial charge in [-0.1, -0.05) is 17.7 Å². The number of nitrogens with zero attached hydrogens (tertiary/aromatic N) is 1. The zero-order chi connectivity index (χ0) is 13.8. The minimum absolute atomic E-state index is 0.102. The maximum absolute atomic E-state index is 11.8. The summed E-state index contributed by atoms with van der Waals surface area (Å²) in [6, 6.07) is 6.38. The number of rotatable bonds is 6. The fourth-order valence-corrected chi connectivity index (χ4v) is 2.36. The third-order valence-electron chi connectivity index (χ3n) is 2.30. The number of benzene rings is 1. The Morgan fingerprint density at radius 3 is 2.33 bits per heavy atom. The van der Waals surface area contributed by atoms with Crippen molar-refractivity contribution < 1.29 is 17.7 Å². The first-order valence-electron chi connectivity index (χ1n) is 5.60. The third-order valence-corrected chi connectivity index (χ3v) is 3.60. The normalized spacial score (nSPS) is 13.8. The Labute approximate surface area is 108 Å². The standard InChI is InChI=1S/C12H19NO4S/c1-10-4-6-12(7-5-10)18(15,16)17-9-11(14)8-13(2)3/h4-7,11,14H,8-9H2,1-3H3. The van der Waals surface area contributed by atoms with Crippen LogP contribution in [0.15, 0.2) is 29.2 Å². The van der Waals surface area contributed by atoms with Gasteiger partial charge in [0.05, 0.1) is 17.6 Å². The van der Waals surface area contributed by atoms with Crippen LogP contribution in [-0.2, 0) is 14.3 Å². The van der Waals surface area contributed by atoms with Gasteiger partial charge in [0.1, 0.15) is 0 Å². The smallest absolute Gasteiger partial charge is 0.297 e. The number of aryl methyl sites for hydroxylation is 1. The molecule has 18 heavy (non-hydrogen) atoms. The van der Waals surface area contributed by atoms with Gasteiger partial charge < -0.3 is 10.0 Å². The highest BCUT2D eigenvalue weighted by Gasteiger charge is 2.17. The maximum Gasteiger partial charge on any atom is 0.297 e. The number of aliphatic hydroxyl groups excluding tert-OH is 1. The molecule has 1 aromatic carbocycles. The molecule has 5 nitrogen and oxygen atoms in total. The topological polar surface area (TPSA) is 66.8 Å². The maximum atomic E-state index is 11.8. The second kappa shape index (κ2) is 6.29. The van der Waals surface area contributed by atoms with E-state index in [1.54, 1.807) is 31.1 Å². The van der Waals surface area contributed by atoms with Gasteiger partial charge in [0.15, 0.2) is 0 Å². The highest BCUT2D eigenvalue weighted by molar-refractivity contribution is 7.86. The van der Waals surface area contributed by atoms with Crippen LogP contribution in [0.1, 0.15) is 5.56 Å². The highest BCUT2D eigenvalue weighted by atomic mass is 32.2. The van der Waals surface area contributed by atoms with Crippen LogP contribution in [0.4, 0.5) is 0 Å². The first-order chi connectivity index (χ1) is 8.31. The van der Waals surface area contributed by atoms with E-state index in [2.05, 4.69) is 0 Å². The van der Waals surface area contributed by atoms with Crippen molar-refractivity contribution >= 4 is 10.1 Å². The van der Waals surface area contributed by atoms with Crippen LogP contribution in [0, 0.1) is 6.92 Å². The fourth-order valence-electron chi connectivity index (χ4n) is 1.42. The molecule has 0 heterocycles. The lowest BCUT2D eigenvalue weighted by atomic mass is 10.2. The van der Waals surface area contributed by atoms with Gasteiger partial charge in [-0.15, -0.1) is 0 Å². The largest absolute Gasteiger partial charge is 0.389 e. The van der Waals surface area contributed by atoms with E-state index in [-0.39, 0.29) is 11.5 Å². The molecular formula is C12H19NO4S. The molecule has 0 amide bonds. The molecule has 0 aromatic heterocycles. The van der Waals surface area contributed by atoms with Crippen molar-refractivity contribution in [2.75, 3.05) is 27.2 Å². The van der Waals surface area contributed by atoms with Crippen LogP contribution in [0.5, 0.6) is 0 Å². The first kappa shape index (κ1) is 15.1. The predicted octanol–water partition coefficient (Wildman–Crippen LogP) is 0.623. The zero-order valence-corrected chi connectivity index (χ0v) is 11.6. The van der Waals surface area contributed by atoms with Crippen molar-refractivity contribution in [2.45, 2.75) is 17.9 Å². The molecule has 0 saturated carbocycles. The van der Waals surface area contributed by atoms with Crippen molar-refractivity contribution in [3.63, 3.8) is 0 Å². The van der Waals surface area contributed by atoms with Gasteiger partial charge >= 0.3 is 0 Å². The van der Waals surface area contributed by atoms with E-state index < -0.39 is 16.2 Å². The molecule has 0 aliphatic heterocycles. The SMILES string of the molecule is Cc1ccc(S(=O)(=O)OCC(O)CN(C)C)cc1. The van der Waals surface area contributed by atoms with Crippen LogP contribution >= 0.6 is 0 Å². The minimum Gasteiger partial charge on any atom is -0.389 e. The van der Waals surface area contributed by atoms with Gasteiger partial charge in [0.25, 0.3) is 10.1 Å². The molecule has 0 saturated heterocycles. The van der Waals surface area contributed by atoms with Crippen molar-refractivity contribution in [3.8, 4) is 0 Å². The monoisotopic (exact) mass is 273 g/mol.